The number of sulfonamides is 3. The maximum absolute atomic E-state index is 11.9. The number of nitrogens with zero attached hydrogens (tertiary/aromatic N) is 6. The Morgan fingerprint density at radius 1 is 0.393 bits per heavy atom. The lowest BCUT2D eigenvalue weighted by atomic mass is 9.94. The number of amides is 7. The fraction of sp³-hybridized carbons (Fsp3) is 0.861. The third-order valence-electron chi connectivity index (χ3n) is 17.1. The molecule has 0 unspecified atom stereocenters. The van der Waals surface area contributed by atoms with Gasteiger partial charge in [-0.05, 0) is 172 Å². The molecule has 0 spiro atoms. The van der Waals surface area contributed by atoms with Crippen molar-refractivity contribution in [2.75, 3.05) is 98.8 Å². The third-order valence-corrected chi connectivity index (χ3v) is 24.5. The number of urea groups is 1. The second-order valence-electron chi connectivity index (χ2n) is 37.8. The normalized spacial score (nSPS) is 18.5. The summed E-state index contributed by atoms with van der Waals surface area (Å²) in [6, 6.07) is 6.83. The highest BCUT2D eigenvalue weighted by atomic mass is 32.2. The van der Waals surface area contributed by atoms with Crippen LogP contribution in [-0.2, 0) is 58.8 Å². The minimum atomic E-state index is -3.08. The predicted molar refractivity (Wildman–Crippen MR) is 437 cm³/mol. The van der Waals surface area contributed by atoms with Crippen molar-refractivity contribution in [3.8, 4) is 0 Å². The molecule has 7 amide bonds. The van der Waals surface area contributed by atoms with E-state index in [0.717, 1.165) is 117 Å². The molecule has 0 bridgehead atoms. The highest BCUT2D eigenvalue weighted by molar-refractivity contribution is 7.91. The average Bonchev–Trinajstić information content (AvgIpc) is 1.01. The first-order valence-corrected chi connectivity index (χ1v) is 43.6. The van der Waals surface area contributed by atoms with E-state index < -0.39 is 44.3 Å². The number of hydrogen-bond acceptors (Lipinski definition) is 15. The van der Waals surface area contributed by atoms with Crippen LogP contribution in [0, 0.1) is 27.1 Å². The molecule has 5 saturated heterocycles. The molecule has 28 heteroatoms. The van der Waals surface area contributed by atoms with Crippen LogP contribution in [0.4, 0.5) is 4.79 Å². The van der Waals surface area contributed by atoms with E-state index in [-0.39, 0.29) is 68.3 Å². The summed E-state index contributed by atoms with van der Waals surface area (Å²) in [6.45, 7) is 61.9. The second-order valence-corrected chi connectivity index (χ2v) is 45.7. The van der Waals surface area contributed by atoms with Gasteiger partial charge in [0.25, 0.3) is 0 Å². The highest BCUT2D eigenvalue weighted by Gasteiger charge is 2.39. The first kappa shape index (κ1) is 102. The van der Waals surface area contributed by atoms with Gasteiger partial charge in [0.15, 0.2) is 0 Å². The predicted octanol–water partition coefficient (Wildman–Crippen LogP) is 11.5. The van der Waals surface area contributed by atoms with Gasteiger partial charge in [-0.2, -0.15) is 0 Å². The molecule has 6 heterocycles. The number of carbonyl (C=O) groups is 6. The van der Waals surface area contributed by atoms with Gasteiger partial charge in [-0.15, -0.1) is 0 Å². The van der Waals surface area contributed by atoms with E-state index in [1.807, 2.05) is 158 Å². The molecule has 1 aromatic heterocycles. The summed E-state index contributed by atoms with van der Waals surface area (Å²) in [6.07, 6.45) is 18.8. The van der Waals surface area contributed by atoms with Gasteiger partial charge in [-0.25, -0.2) is 43.4 Å². The van der Waals surface area contributed by atoms with E-state index in [4.69, 9.17) is 4.74 Å². The standard InChI is InChI=1S/C9H18N2O.2C9H19NO2S.C9H17NO2.C9H17NO.C8H16N2O.C8H15NO.C7H15NO2S.C6H13NO.C5H5N/c1-9(2,3)8(12)11-6-4-10-5-7-11;2*1-9(2,3)13(11,12)10-7-5-4-6-8-10;1-9(2,3)8(11)10-4-6-12-7-5-10;1-9(2,3)8(11)10-6-4-5-7-10;1-8(2,3)10-7(11)9-6-4-5-6;1-8(2,3)7(10)9-6-4-5-6;1-7(2,3)11(9,10)8-6-4-5-6;1-6(2,3)5(8)7-4;1-2-4-6-5-3-1/h10H,4-7H2,1-3H3;2*4-8H2,1-3H3;4-7H2,1-3H3;4-7H2,1-3H3;6H,4-5H2,1-3H3,(H2,9,10,11);6H,4-5H2,1-3H3,(H,9,10);6,8H,4-5H2,1-3H3;1-4H3,(H,7,8);1-5H. The summed E-state index contributed by atoms with van der Waals surface area (Å²) in [5.74, 6) is 1.05. The summed E-state index contributed by atoms with van der Waals surface area (Å²) >= 11 is 0. The molecule has 1 aromatic rings. The summed E-state index contributed by atoms with van der Waals surface area (Å²) in [5.41, 5.74) is -1.25. The van der Waals surface area contributed by atoms with E-state index in [0.29, 0.717) is 57.4 Å². The second kappa shape index (κ2) is 45.2. The molecule has 8 fully saturated rings. The first-order valence-electron chi connectivity index (χ1n) is 39.2. The van der Waals surface area contributed by atoms with Gasteiger partial charge >= 0.3 is 6.03 Å². The molecule has 3 aliphatic carbocycles. The maximum atomic E-state index is 11.9. The highest BCUT2D eigenvalue weighted by Crippen LogP contribution is 2.28. The van der Waals surface area contributed by atoms with Crippen LogP contribution >= 0.6 is 0 Å². The zero-order valence-corrected chi connectivity index (χ0v) is 74.6. The number of hydrogen-bond donors (Lipinski definition) is 6. The Morgan fingerprint density at radius 3 is 0.981 bits per heavy atom. The molecule has 5 aliphatic heterocycles. The Balaban J connectivity index is 0.00000117. The van der Waals surface area contributed by atoms with Crippen molar-refractivity contribution >= 4 is 65.6 Å². The van der Waals surface area contributed by atoms with Gasteiger partial charge in [0.1, 0.15) is 0 Å². The van der Waals surface area contributed by atoms with Crippen LogP contribution in [-0.4, -0.2) is 226 Å². The quantitative estimate of drug-likeness (QED) is 0.154. The fourth-order valence-electron chi connectivity index (χ4n) is 9.67. The molecule has 9 rings (SSSR count). The van der Waals surface area contributed by atoms with Gasteiger partial charge in [-0.1, -0.05) is 123 Å². The molecule has 6 N–H and O–H groups in total. The van der Waals surface area contributed by atoms with Crippen molar-refractivity contribution in [1.29, 1.82) is 0 Å². The number of morpholine rings is 1. The van der Waals surface area contributed by atoms with Crippen molar-refractivity contribution in [2.24, 2.45) is 27.1 Å². The molecular formula is C79H154N12O13S3. The summed E-state index contributed by atoms with van der Waals surface area (Å²) in [7, 11) is -7.57. The van der Waals surface area contributed by atoms with E-state index >= 15 is 0 Å². The molecular weight excluding hydrogens is 1420 g/mol. The van der Waals surface area contributed by atoms with Gasteiger partial charge < -0.3 is 46.0 Å². The Morgan fingerprint density at radius 2 is 0.720 bits per heavy atom. The van der Waals surface area contributed by atoms with E-state index in [9.17, 15) is 54.0 Å². The lowest BCUT2D eigenvalue weighted by Crippen LogP contribution is -2.49. The number of piperidine rings is 2. The van der Waals surface area contributed by atoms with E-state index in [1.165, 1.54) is 25.7 Å². The van der Waals surface area contributed by atoms with Gasteiger partial charge in [0.05, 0.1) is 27.5 Å². The monoisotopic (exact) mass is 1580 g/mol. The Kier molecular flexibility index (Phi) is 43.3. The molecule has 107 heavy (non-hydrogen) atoms. The molecule has 0 atom stereocenters. The number of nitrogens with one attached hydrogen (secondary N) is 6. The van der Waals surface area contributed by atoms with Crippen molar-refractivity contribution < 1.29 is 58.8 Å². The number of likely N-dealkylation sites (tertiary alicyclic amines) is 1. The molecule has 0 radical (unpaired) electrons. The lowest BCUT2D eigenvalue weighted by molar-refractivity contribution is -0.143. The van der Waals surface area contributed by atoms with Crippen molar-refractivity contribution in [2.45, 2.75) is 315 Å². The number of rotatable bonds is 6. The topological polar surface area (TPSA) is 315 Å². The Labute approximate surface area is 651 Å². The van der Waals surface area contributed by atoms with Crippen molar-refractivity contribution in [3.05, 3.63) is 30.6 Å². The fourth-order valence-corrected chi connectivity index (χ4v) is 13.7. The molecule has 626 valence electrons. The average molecular weight is 1580 g/mol. The zero-order valence-electron chi connectivity index (χ0n) is 72.1. The molecule has 8 aliphatic rings. The number of pyridine rings is 1. The number of ether oxygens (including phenoxy) is 1. The van der Waals surface area contributed by atoms with E-state index in [2.05, 4.69) is 36.3 Å². The third kappa shape index (κ3) is 44.3. The van der Waals surface area contributed by atoms with Gasteiger partial charge in [0.2, 0.25) is 59.6 Å². The van der Waals surface area contributed by atoms with Gasteiger partial charge in [0, 0.05) is 149 Å². The molecule has 25 nitrogen and oxygen atoms in total. The maximum Gasteiger partial charge on any atom is 0.315 e. The van der Waals surface area contributed by atoms with Crippen molar-refractivity contribution in [1.82, 2.24) is 59.6 Å². The van der Waals surface area contributed by atoms with Crippen LogP contribution in [0.2, 0.25) is 0 Å². The minimum Gasteiger partial charge on any atom is -0.378 e. The number of carbonyl (C=O) groups excluding carboxylic acids is 6. The van der Waals surface area contributed by atoms with Crippen LogP contribution in [0.15, 0.2) is 30.6 Å². The number of piperazine rings is 1. The van der Waals surface area contributed by atoms with Crippen molar-refractivity contribution in [3.63, 3.8) is 0 Å². The zero-order chi connectivity index (χ0) is 83.1. The van der Waals surface area contributed by atoms with Crippen LogP contribution in [0.25, 0.3) is 0 Å². The van der Waals surface area contributed by atoms with Crippen LogP contribution in [0.5, 0.6) is 0 Å². The van der Waals surface area contributed by atoms with Crippen LogP contribution in [0.3, 0.4) is 0 Å². The summed E-state index contributed by atoms with van der Waals surface area (Å²) < 4.78 is 79.6. The Hall–Kier alpha value is -4.58. The smallest absolute Gasteiger partial charge is 0.315 e. The molecule has 3 saturated carbocycles. The van der Waals surface area contributed by atoms with Gasteiger partial charge in [-0.3, -0.25) is 29.0 Å². The van der Waals surface area contributed by atoms with E-state index in [1.54, 1.807) is 90.4 Å². The lowest BCUT2D eigenvalue weighted by Gasteiger charge is -2.32. The Bertz CT molecular complexity index is 2980. The summed E-state index contributed by atoms with van der Waals surface area (Å²) in [5, 5.41) is 14.4. The molecule has 0 aromatic carbocycles. The minimum absolute atomic E-state index is 0.0417. The largest absolute Gasteiger partial charge is 0.378 e. The number of aromatic nitrogens is 1. The first-order chi connectivity index (χ1) is 48.5. The van der Waals surface area contributed by atoms with Crippen LogP contribution < -0.4 is 31.3 Å². The SMILES string of the molecule is CC(C)(C)C(=O)N1CCCC1.CC(C)(C)C(=O)N1CCNCC1.CC(C)(C)C(=O)N1CCOCC1.CC(C)(C)C(=O)NC1CC1.CC(C)(C)NC(=O)NC1CC1.CC(C)(C)S(=O)(=O)N1CCCCC1.CC(C)(C)S(=O)(=O)N1CCCCC1.CC(C)(C)S(=O)(=O)NC1CC1.CNC(=O)C(C)(C)C.c1ccncc1. The summed E-state index contributed by atoms with van der Waals surface area (Å²) in [4.78, 5) is 77.6. The van der Waals surface area contributed by atoms with Crippen LogP contribution in [0.1, 0.15) is 277 Å².